The first-order valence-electron chi connectivity index (χ1n) is 8.05. The number of rotatable bonds is 6. The van der Waals surface area contributed by atoms with E-state index in [0.29, 0.717) is 11.3 Å². The summed E-state index contributed by atoms with van der Waals surface area (Å²) in [6, 6.07) is 8.34. The van der Waals surface area contributed by atoms with Crippen LogP contribution in [0.25, 0.3) is 0 Å². The molecule has 0 atom stereocenters. The van der Waals surface area contributed by atoms with Gasteiger partial charge < -0.3 is 5.32 Å². The summed E-state index contributed by atoms with van der Waals surface area (Å²) in [5.41, 5.74) is 1.13. The molecule has 2 aromatic carbocycles. The predicted molar refractivity (Wildman–Crippen MR) is 101 cm³/mol. The molecule has 1 N–H and O–H groups in total. The minimum absolute atomic E-state index is 0.313. The summed E-state index contributed by atoms with van der Waals surface area (Å²) < 4.78 is 54.9. The zero-order valence-corrected chi connectivity index (χ0v) is 16.3. The van der Waals surface area contributed by atoms with Crippen LogP contribution in [0.3, 0.4) is 0 Å². The Kier molecular flexibility index (Phi) is 6.17. The van der Waals surface area contributed by atoms with Gasteiger partial charge in [0.05, 0.1) is 5.69 Å². The second-order valence-electron chi connectivity index (χ2n) is 6.23. The van der Waals surface area contributed by atoms with E-state index in [1.165, 1.54) is 20.2 Å². The first kappa shape index (κ1) is 20.8. The number of hydrogen-bond acceptors (Lipinski definition) is 3. The highest BCUT2D eigenvalue weighted by Gasteiger charge is 2.29. The minimum Gasteiger partial charge on any atom is -0.320 e. The molecule has 0 aromatic heterocycles. The van der Waals surface area contributed by atoms with Crippen LogP contribution in [0.15, 0.2) is 36.4 Å². The van der Waals surface area contributed by atoms with Gasteiger partial charge in [-0.1, -0.05) is 18.2 Å². The van der Waals surface area contributed by atoms with Crippen LogP contribution in [0, 0.1) is 25.5 Å². The number of para-hydroxylation sites is 1. The molecule has 0 saturated carbocycles. The Morgan fingerprint density at radius 2 is 1.67 bits per heavy atom. The van der Waals surface area contributed by atoms with E-state index in [1.54, 1.807) is 26.0 Å². The average molecular weight is 397 g/mol. The summed E-state index contributed by atoms with van der Waals surface area (Å²) in [4.78, 5) is 12.4. The molecule has 0 saturated heterocycles. The molecular weight excluding hydrogens is 376 g/mol. The topological polar surface area (TPSA) is 69.7 Å². The highest BCUT2D eigenvalue weighted by Crippen LogP contribution is 2.25. The second kappa shape index (κ2) is 8.01. The lowest BCUT2D eigenvalue weighted by molar-refractivity contribution is -0.114. The Labute approximate surface area is 157 Å². The summed E-state index contributed by atoms with van der Waals surface area (Å²) in [7, 11) is -1.35. The van der Waals surface area contributed by atoms with Gasteiger partial charge in [0.1, 0.15) is 23.9 Å². The Bertz CT molecular complexity index is 942. The number of nitrogens with zero attached hydrogens (tertiary/aromatic N) is 2. The van der Waals surface area contributed by atoms with Gasteiger partial charge in [0.2, 0.25) is 5.91 Å². The van der Waals surface area contributed by atoms with Gasteiger partial charge in [0, 0.05) is 14.1 Å². The van der Waals surface area contributed by atoms with Crippen molar-refractivity contribution in [2.75, 3.05) is 30.3 Å². The van der Waals surface area contributed by atoms with Gasteiger partial charge in [-0.15, -0.1) is 0 Å². The number of benzene rings is 2. The van der Waals surface area contributed by atoms with Crippen molar-refractivity contribution in [2.45, 2.75) is 13.8 Å². The van der Waals surface area contributed by atoms with Crippen molar-refractivity contribution in [2.24, 2.45) is 0 Å². The van der Waals surface area contributed by atoms with E-state index in [4.69, 9.17) is 0 Å². The van der Waals surface area contributed by atoms with Crippen molar-refractivity contribution in [1.29, 1.82) is 0 Å². The fraction of sp³-hybridized carbons (Fsp3) is 0.278. The number of carbonyl (C=O) groups is 1. The molecule has 2 aromatic rings. The van der Waals surface area contributed by atoms with Crippen LogP contribution >= 0.6 is 0 Å². The van der Waals surface area contributed by atoms with Crippen molar-refractivity contribution < 1.29 is 22.0 Å². The SMILES string of the molecule is Cc1ccc(C)c(N(CC(=O)Nc2c(F)cccc2F)S(=O)(=O)N(C)C)c1. The lowest BCUT2D eigenvalue weighted by Crippen LogP contribution is -2.44. The van der Waals surface area contributed by atoms with Crippen LogP contribution < -0.4 is 9.62 Å². The van der Waals surface area contributed by atoms with E-state index in [9.17, 15) is 22.0 Å². The maximum atomic E-state index is 13.8. The molecule has 0 bridgehead atoms. The maximum absolute atomic E-state index is 13.8. The fourth-order valence-corrected chi connectivity index (χ4v) is 3.52. The summed E-state index contributed by atoms with van der Waals surface area (Å²) in [6.07, 6.45) is 0. The lowest BCUT2D eigenvalue weighted by Gasteiger charge is -2.28. The van der Waals surface area contributed by atoms with Gasteiger partial charge in [-0.3, -0.25) is 4.79 Å². The second-order valence-corrected chi connectivity index (χ2v) is 8.30. The third-order valence-corrected chi connectivity index (χ3v) is 5.69. The van der Waals surface area contributed by atoms with Crippen LogP contribution in [0.2, 0.25) is 0 Å². The fourth-order valence-electron chi connectivity index (χ4n) is 2.40. The molecule has 6 nitrogen and oxygen atoms in total. The molecule has 1 amide bonds. The predicted octanol–water partition coefficient (Wildman–Crippen LogP) is 2.83. The van der Waals surface area contributed by atoms with Gasteiger partial charge in [0.25, 0.3) is 0 Å². The average Bonchev–Trinajstić information content (AvgIpc) is 2.58. The van der Waals surface area contributed by atoms with E-state index in [2.05, 4.69) is 5.32 Å². The van der Waals surface area contributed by atoms with Crippen LogP contribution in [0.5, 0.6) is 0 Å². The van der Waals surface area contributed by atoms with E-state index in [0.717, 1.165) is 26.3 Å². The van der Waals surface area contributed by atoms with Gasteiger partial charge in [-0.2, -0.15) is 12.7 Å². The molecule has 0 spiro atoms. The minimum atomic E-state index is -4.02. The molecule has 0 aliphatic rings. The third-order valence-electron chi connectivity index (χ3n) is 3.89. The Morgan fingerprint density at radius 3 is 2.22 bits per heavy atom. The number of amides is 1. The number of nitrogens with one attached hydrogen (secondary N) is 1. The first-order valence-corrected chi connectivity index (χ1v) is 9.45. The molecular formula is C18H21F2N3O3S. The molecule has 0 aliphatic heterocycles. The molecule has 0 unspecified atom stereocenters. The molecule has 0 radical (unpaired) electrons. The first-order chi connectivity index (χ1) is 12.5. The lowest BCUT2D eigenvalue weighted by atomic mass is 10.1. The highest BCUT2D eigenvalue weighted by molar-refractivity contribution is 7.90. The molecule has 9 heteroatoms. The Hall–Kier alpha value is -2.52. The molecule has 146 valence electrons. The third kappa shape index (κ3) is 4.61. The summed E-state index contributed by atoms with van der Waals surface area (Å²) in [6.45, 7) is 2.86. The summed E-state index contributed by atoms with van der Waals surface area (Å²) >= 11 is 0. The van der Waals surface area contributed by atoms with Gasteiger partial charge in [0.15, 0.2) is 0 Å². The van der Waals surface area contributed by atoms with Crippen molar-refractivity contribution in [3.63, 3.8) is 0 Å². The number of hydrogen-bond donors (Lipinski definition) is 1. The van der Waals surface area contributed by atoms with Crippen LogP contribution in [-0.2, 0) is 15.0 Å². The zero-order valence-electron chi connectivity index (χ0n) is 15.5. The molecule has 0 heterocycles. The molecule has 27 heavy (non-hydrogen) atoms. The Morgan fingerprint density at radius 1 is 1.07 bits per heavy atom. The van der Waals surface area contributed by atoms with Crippen molar-refractivity contribution in [3.8, 4) is 0 Å². The monoisotopic (exact) mass is 397 g/mol. The largest absolute Gasteiger partial charge is 0.320 e. The van der Waals surface area contributed by atoms with E-state index >= 15 is 0 Å². The van der Waals surface area contributed by atoms with Crippen LogP contribution in [0.1, 0.15) is 11.1 Å². The van der Waals surface area contributed by atoms with Gasteiger partial charge >= 0.3 is 10.2 Å². The zero-order chi connectivity index (χ0) is 20.4. The quantitative estimate of drug-likeness (QED) is 0.815. The van der Waals surface area contributed by atoms with Crippen molar-refractivity contribution in [3.05, 3.63) is 59.2 Å². The highest BCUT2D eigenvalue weighted by atomic mass is 32.2. The number of carbonyl (C=O) groups excluding carboxylic acids is 1. The molecule has 0 fully saturated rings. The molecule has 0 aliphatic carbocycles. The van der Waals surface area contributed by atoms with Crippen molar-refractivity contribution in [1.82, 2.24) is 4.31 Å². The van der Waals surface area contributed by atoms with E-state index < -0.39 is 40.0 Å². The van der Waals surface area contributed by atoms with Crippen LogP contribution in [-0.4, -0.2) is 39.3 Å². The number of anilines is 2. The van der Waals surface area contributed by atoms with Gasteiger partial charge in [-0.25, -0.2) is 13.1 Å². The normalized spacial score (nSPS) is 11.5. The Balaban J connectivity index is 2.41. The van der Waals surface area contributed by atoms with E-state index in [1.807, 2.05) is 6.07 Å². The molecule has 2 rings (SSSR count). The van der Waals surface area contributed by atoms with Crippen molar-refractivity contribution >= 4 is 27.5 Å². The number of halogens is 2. The smallest absolute Gasteiger partial charge is 0.304 e. The summed E-state index contributed by atoms with van der Waals surface area (Å²) in [5, 5.41) is 2.11. The van der Waals surface area contributed by atoms with Crippen LogP contribution in [0.4, 0.5) is 20.2 Å². The summed E-state index contributed by atoms with van der Waals surface area (Å²) in [5.74, 6) is -2.76. The van der Waals surface area contributed by atoms with E-state index in [-0.39, 0.29) is 0 Å². The number of aryl methyl sites for hydroxylation is 2. The standard InChI is InChI=1S/C18H21F2N3O3S/c1-12-8-9-13(2)16(10-12)23(27(25,26)22(3)4)11-17(24)21-18-14(19)6-5-7-15(18)20/h5-10H,11H2,1-4H3,(H,21,24). The van der Waals surface area contributed by atoms with Gasteiger partial charge in [-0.05, 0) is 43.2 Å². The maximum Gasteiger partial charge on any atom is 0.304 e.